The van der Waals surface area contributed by atoms with Crippen molar-refractivity contribution in [3.63, 3.8) is 0 Å². The van der Waals surface area contributed by atoms with E-state index in [4.69, 9.17) is 10.5 Å². The summed E-state index contributed by atoms with van der Waals surface area (Å²) in [6.45, 7) is 0.302. The largest absolute Gasteiger partial charge is 0.487 e. The molecule has 0 aliphatic heterocycles. The van der Waals surface area contributed by atoms with E-state index in [1.54, 1.807) is 12.1 Å². The number of hydrogen-bond acceptors (Lipinski definition) is 2. The Balaban J connectivity index is 2.10. The van der Waals surface area contributed by atoms with Crippen molar-refractivity contribution in [1.82, 2.24) is 0 Å². The van der Waals surface area contributed by atoms with Gasteiger partial charge in [-0.25, -0.2) is 4.39 Å². The Morgan fingerprint density at radius 1 is 1.28 bits per heavy atom. The van der Waals surface area contributed by atoms with Crippen LogP contribution in [-0.2, 0) is 0 Å². The Hall–Kier alpha value is -1.53. The molecule has 2 rings (SSSR count). The highest BCUT2D eigenvalue weighted by Crippen LogP contribution is 2.26. The number of rotatable bonds is 2. The third-order valence-electron chi connectivity index (χ3n) is 3.11. The zero-order valence-electron chi connectivity index (χ0n) is 10.4. The Bertz CT molecular complexity index is 455. The first-order valence-corrected chi connectivity index (χ1v) is 6.45. The van der Waals surface area contributed by atoms with Gasteiger partial charge in [-0.05, 0) is 43.9 Å². The van der Waals surface area contributed by atoms with Gasteiger partial charge in [0.2, 0.25) is 0 Å². The van der Waals surface area contributed by atoms with Gasteiger partial charge in [-0.15, -0.1) is 0 Å². The van der Waals surface area contributed by atoms with Crippen LogP contribution in [0.4, 0.5) is 4.39 Å². The maximum absolute atomic E-state index is 13.6. The van der Waals surface area contributed by atoms with Gasteiger partial charge in [0.05, 0.1) is 12.6 Å². The molecule has 0 bridgehead atoms. The topological polar surface area (TPSA) is 35.2 Å². The van der Waals surface area contributed by atoms with E-state index in [9.17, 15) is 4.39 Å². The van der Waals surface area contributed by atoms with Crippen molar-refractivity contribution >= 4 is 0 Å². The van der Waals surface area contributed by atoms with Gasteiger partial charge < -0.3 is 10.5 Å². The van der Waals surface area contributed by atoms with Crippen LogP contribution in [0.25, 0.3) is 0 Å². The maximum Gasteiger partial charge on any atom is 0.165 e. The molecule has 0 unspecified atom stereocenters. The van der Waals surface area contributed by atoms with Gasteiger partial charge in [-0.2, -0.15) is 0 Å². The highest BCUT2D eigenvalue weighted by Gasteiger charge is 2.16. The molecule has 1 aromatic rings. The first-order valence-electron chi connectivity index (χ1n) is 6.45. The van der Waals surface area contributed by atoms with Crippen molar-refractivity contribution in [2.45, 2.75) is 38.2 Å². The summed E-state index contributed by atoms with van der Waals surface area (Å²) in [5, 5.41) is 0. The van der Waals surface area contributed by atoms with E-state index in [1.807, 2.05) is 0 Å². The van der Waals surface area contributed by atoms with Crippen LogP contribution in [0.1, 0.15) is 37.7 Å². The fourth-order valence-corrected chi connectivity index (χ4v) is 2.19. The average molecular weight is 247 g/mol. The lowest BCUT2D eigenvalue weighted by Crippen LogP contribution is -2.20. The quantitative estimate of drug-likeness (QED) is 0.816. The molecule has 1 aliphatic carbocycles. The lowest BCUT2D eigenvalue weighted by atomic mass is 9.98. The normalized spacial score (nSPS) is 15.9. The molecule has 0 amide bonds. The van der Waals surface area contributed by atoms with Gasteiger partial charge in [-0.3, -0.25) is 0 Å². The van der Waals surface area contributed by atoms with Crippen molar-refractivity contribution in [3.05, 3.63) is 29.6 Å². The molecule has 1 aromatic carbocycles. The molecule has 0 heterocycles. The molecule has 0 saturated heterocycles. The third-order valence-corrected chi connectivity index (χ3v) is 3.11. The Labute approximate surface area is 107 Å². The third kappa shape index (κ3) is 3.48. The minimum atomic E-state index is -0.320. The molecule has 1 fully saturated rings. The van der Waals surface area contributed by atoms with Gasteiger partial charge >= 0.3 is 0 Å². The standard InChI is InChI=1S/C15H18FNO/c16-14-9-8-12(5-4-10-17)11-15(14)18-13-6-2-1-3-7-13/h8-9,11,13H,1-3,6-7,10,17H2. The van der Waals surface area contributed by atoms with Crippen LogP contribution in [0, 0.1) is 17.7 Å². The van der Waals surface area contributed by atoms with Crippen molar-refractivity contribution in [2.75, 3.05) is 6.54 Å². The lowest BCUT2D eigenvalue weighted by molar-refractivity contribution is 0.148. The summed E-state index contributed by atoms with van der Waals surface area (Å²) in [6.07, 6.45) is 5.75. The fourth-order valence-electron chi connectivity index (χ4n) is 2.19. The van der Waals surface area contributed by atoms with Crippen molar-refractivity contribution < 1.29 is 9.13 Å². The average Bonchev–Trinajstić information content (AvgIpc) is 2.41. The number of halogens is 1. The fraction of sp³-hybridized carbons (Fsp3) is 0.467. The monoisotopic (exact) mass is 247 g/mol. The Kier molecular flexibility index (Phi) is 4.60. The van der Waals surface area contributed by atoms with E-state index in [0.29, 0.717) is 12.3 Å². The molecule has 3 heteroatoms. The zero-order chi connectivity index (χ0) is 12.8. The Morgan fingerprint density at radius 2 is 2.06 bits per heavy atom. The van der Waals surface area contributed by atoms with E-state index in [1.165, 1.54) is 25.3 Å². The molecule has 1 saturated carbocycles. The summed E-state index contributed by atoms with van der Waals surface area (Å²) in [4.78, 5) is 0. The van der Waals surface area contributed by atoms with Gasteiger partial charge in [0.1, 0.15) is 0 Å². The van der Waals surface area contributed by atoms with Crippen molar-refractivity contribution in [2.24, 2.45) is 5.73 Å². The smallest absolute Gasteiger partial charge is 0.165 e. The molecule has 2 nitrogen and oxygen atoms in total. The Morgan fingerprint density at radius 3 is 2.78 bits per heavy atom. The summed E-state index contributed by atoms with van der Waals surface area (Å²) in [5.41, 5.74) is 6.06. The van der Waals surface area contributed by atoms with Crippen LogP contribution in [0.15, 0.2) is 18.2 Å². The molecular weight excluding hydrogens is 229 g/mol. The number of nitrogens with two attached hydrogens (primary N) is 1. The van der Waals surface area contributed by atoms with Crippen LogP contribution in [-0.4, -0.2) is 12.6 Å². The van der Waals surface area contributed by atoms with Crippen molar-refractivity contribution in [1.29, 1.82) is 0 Å². The highest BCUT2D eigenvalue weighted by atomic mass is 19.1. The summed E-state index contributed by atoms with van der Waals surface area (Å²) in [7, 11) is 0. The van der Waals surface area contributed by atoms with E-state index < -0.39 is 0 Å². The van der Waals surface area contributed by atoms with Gasteiger partial charge in [0.25, 0.3) is 0 Å². The second-order valence-corrected chi connectivity index (χ2v) is 4.53. The van der Waals surface area contributed by atoms with E-state index in [2.05, 4.69) is 11.8 Å². The van der Waals surface area contributed by atoms with Crippen LogP contribution in [0.2, 0.25) is 0 Å². The summed E-state index contributed by atoms with van der Waals surface area (Å²) in [6, 6.07) is 4.71. The van der Waals surface area contributed by atoms with E-state index in [-0.39, 0.29) is 11.9 Å². The number of benzene rings is 1. The second kappa shape index (κ2) is 6.42. The predicted octanol–water partition coefficient (Wildman–Crippen LogP) is 2.85. The molecule has 0 radical (unpaired) electrons. The molecule has 0 spiro atoms. The second-order valence-electron chi connectivity index (χ2n) is 4.53. The summed E-state index contributed by atoms with van der Waals surface area (Å²) in [5.74, 6) is 5.63. The van der Waals surface area contributed by atoms with Crippen molar-refractivity contribution in [3.8, 4) is 17.6 Å². The van der Waals surface area contributed by atoms with Crippen LogP contribution < -0.4 is 10.5 Å². The summed E-state index contributed by atoms with van der Waals surface area (Å²) < 4.78 is 19.4. The van der Waals surface area contributed by atoms with Crippen LogP contribution >= 0.6 is 0 Å². The van der Waals surface area contributed by atoms with Crippen LogP contribution in [0.3, 0.4) is 0 Å². The maximum atomic E-state index is 13.6. The SMILES string of the molecule is NCC#Cc1ccc(F)c(OC2CCCCC2)c1. The molecule has 0 atom stereocenters. The molecular formula is C15H18FNO. The molecule has 1 aliphatic rings. The number of ether oxygens (including phenoxy) is 1. The predicted molar refractivity (Wildman–Crippen MR) is 69.8 cm³/mol. The molecule has 96 valence electrons. The van der Waals surface area contributed by atoms with E-state index in [0.717, 1.165) is 18.4 Å². The molecule has 2 N–H and O–H groups in total. The first-order chi connectivity index (χ1) is 8.79. The summed E-state index contributed by atoms with van der Waals surface area (Å²) >= 11 is 0. The lowest BCUT2D eigenvalue weighted by Gasteiger charge is -2.23. The number of hydrogen-bond donors (Lipinski definition) is 1. The highest BCUT2D eigenvalue weighted by molar-refractivity contribution is 5.40. The molecule has 0 aromatic heterocycles. The van der Waals surface area contributed by atoms with Gasteiger partial charge in [-0.1, -0.05) is 18.3 Å². The van der Waals surface area contributed by atoms with E-state index >= 15 is 0 Å². The molecule has 18 heavy (non-hydrogen) atoms. The first kappa shape index (κ1) is 12.9. The zero-order valence-corrected chi connectivity index (χ0v) is 10.4. The minimum absolute atomic E-state index is 0.144. The minimum Gasteiger partial charge on any atom is -0.487 e. The van der Waals surface area contributed by atoms with Gasteiger partial charge in [0.15, 0.2) is 11.6 Å². The van der Waals surface area contributed by atoms with Crippen LogP contribution in [0.5, 0.6) is 5.75 Å². The van der Waals surface area contributed by atoms with Gasteiger partial charge in [0, 0.05) is 5.56 Å².